The molecule has 0 radical (unpaired) electrons. The molecule has 1 rings (SSSR count). The Bertz CT molecular complexity index is 369. The minimum absolute atomic E-state index is 0.440. The molecule has 18 heavy (non-hydrogen) atoms. The smallest absolute Gasteiger partial charge is 0.179 e. The van der Waals surface area contributed by atoms with Gasteiger partial charge in [0.1, 0.15) is 0 Å². The summed E-state index contributed by atoms with van der Waals surface area (Å²) in [6, 6.07) is 3.73. The van der Waals surface area contributed by atoms with Crippen LogP contribution in [0.25, 0.3) is 0 Å². The summed E-state index contributed by atoms with van der Waals surface area (Å²) in [5, 5.41) is 0.567. The van der Waals surface area contributed by atoms with Crippen LogP contribution < -0.4 is 15.2 Å². The van der Waals surface area contributed by atoms with E-state index in [-0.39, 0.29) is 0 Å². The van der Waals surface area contributed by atoms with Crippen molar-refractivity contribution in [2.75, 3.05) is 13.2 Å². The molecule has 0 unspecified atom stereocenters. The van der Waals surface area contributed by atoms with Gasteiger partial charge in [-0.2, -0.15) is 0 Å². The quantitative estimate of drug-likeness (QED) is 0.732. The molecule has 0 heterocycles. The van der Waals surface area contributed by atoms with Gasteiger partial charge in [-0.05, 0) is 31.0 Å². The van der Waals surface area contributed by atoms with Crippen molar-refractivity contribution in [3.8, 4) is 11.5 Å². The topological polar surface area (TPSA) is 44.5 Å². The number of ether oxygens (including phenoxy) is 2. The molecule has 0 aromatic heterocycles. The SMILES string of the molecule is CCCCCOc1c(Cl)cc(CN)cc1OCC. The van der Waals surface area contributed by atoms with Crippen molar-refractivity contribution in [2.45, 2.75) is 39.7 Å². The van der Waals surface area contributed by atoms with Gasteiger partial charge in [-0.15, -0.1) is 0 Å². The van der Waals surface area contributed by atoms with E-state index in [2.05, 4.69) is 6.92 Å². The van der Waals surface area contributed by atoms with Crippen LogP contribution in [-0.2, 0) is 6.54 Å². The number of benzene rings is 1. The second kappa shape index (κ2) is 8.22. The van der Waals surface area contributed by atoms with Gasteiger partial charge >= 0.3 is 0 Å². The summed E-state index contributed by atoms with van der Waals surface area (Å²) in [5.74, 6) is 1.31. The van der Waals surface area contributed by atoms with Crippen molar-refractivity contribution in [1.29, 1.82) is 0 Å². The molecule has 0 atom stereocenters. The fourth-order valence-electron chi connectivity index (χ4n) is 1.67. The summed E-state index contributed by atoms with van der Waals surface area (Å²) in [4.78, 5) is 0. The van der Waals surface area contributed by atoms with Crippen molar-refractivity contribution in [2.24, 2.45) is 5.73 Å². The molecule has 4 heteroatoms. The van der Waals surface area contributed by atoms with Crippen LogP contribution >= 0.6 is 11.6 Å². The van der Waals surface area contributed by atoms with Crippen molar-refractivity contribution in [1.82, 2.24) is 0 Å². The molecular weight excluding hydrogens is 250 g/mol. The van der Waals surface area contributed by atoms with E-state index in [9.17, 15) is 0 Å². The molecule has 1 aromatic rings. The number of rotatable bonds is 8. The van der Waals surface area contributed by atoms with Crippen molar-refractivity contribution >= 4 is 11.6 Å². The number of nitrogens with two attached hydrogens (primary N) is 1. The van der Waals surface area contributed by atoms with Crippen LogP contribution in [0, 0.1) is 0 Å². The fourth-order valence-corrected chi connectivity index (χ4v) is 1.96. The first-order chi connectivity index (χ1) is 8.72. The van der Waals surface area contributed by atoms with Crippen LogP contribution in [-0.4, -0.2) is 13.2 Å². The highest BCUT2D eigenvalue weighted by atomic mass is 35.5. The zero-order valence-corrected chi connectivity index (χ0v) is 11.9. The maximum Gasteiger partial charge on any atom is 0.179 e. The van der Waals surface area contributed by atoms with Gasteiger partial charge in [0, 0.05) is 6.54 Å². The normalized spacial score (nSPS) is 10.4. The van der Waals surface area contributed by atoms with Gasteiger partial charge < -0.3 is 15.2 Å². The Hall–Kier alpha value is -0.930. The van der Waals surface area contributed by atoms with Crippen LogP contribution in [0.4, 0.5) is 0 Å². The Morgan fingerprint density at radius 1 is 1.17 bits per heavy atom. The minimum Gasteiger partial charge on any atom is -0.490 e. The van der Waals surface area contributed by atoms with Gasteiger partial charge in [0.05, 0.1) is 18.2 Å². The van der Waals surface area contributed by atoms with E-state index in [1.54, 1.807) is 0 Å². The van der Waals surface area contributed by atoms with Crippen LogP contribution in [0.5, 0.6) is 11.5 Å². The number of halogens is 1. The minimum atomic E-state index is 0.440. The largest absolute Gasteiger partial charge is 0.490 e. The maximum atomic E-state index is 6.20. The first kappa shape index (κ1) is 15.1. The summed E-state index contributed by atoms with van der Waals surface area (Å²) in [6.45, 7) is 5.78. The number of hydrogen-bond acceptors (Lipinski definition) is 3. The molecule has 0 fully saturated rings. The molecule has 0 aliphatic heterocycles. The van der Waals surface area contributed by atoms with E-state index in [0.717, 1.165) is 18.4 Å². The first-order valence-electron chi connectivity index (χ1n) is 6.51. The van der Waals surface area contributed by atoms with Gasteiger partial charge in [-0.25, -0.2) is 0 Å². The molecule has 0 amide bonds. The lowest BCUT2D eigenvalue weighted by Crippen LogP contribution is -2.04. The lowest BCUT2D eigenvalue weighted by Gasteiger charge is -2.14. The van der Waals surface area contributed by atoms with E-state index in [1.165, 1.54) is 6.42 Å². The van der Waals surface area contributed by atoms with Gasteiger partial charge in [-0.3, -0.25) is 0 Å². The zero-order valence-electron chi connectivity index (χ0n) is 11.2. The van der Waals surface area contributed by atoms with Crippen LogP contribution in [0.2, 0.25) is 5.02 Å². The second-order valence-corrected chi connectivity index (χ2v) is 4.50. The summed E-state index contributed by atoms with van der Waals surface area (Å²) < 4.78 is 11.3. The summed E-state index contributed by atoms with van der Waals surface area (Å²) in [5.41, 5.74) is 6.57. The number of unbranched alkanes of at least 4 members (excludes halogenated alkanes) is 2. The van der Waals surface area contributed by atoms with Crippen molar-refractivity contribution in [3.63, 3.8) is 0 Å². The lowest BCUT2D eigenvalue weighted by molar-refractivity contribution is 0.271. The Kier molecular flexibility index (Phi) is 6.91. The van der Waals surface area contributed by atoms with Crippen LogP contribution in [0.15, 0.2) is 12.1 Å². The van der Waals surface area contributed by atoms with Gasteiger partial charge in [0.15, 0.2) is 11.5 Å². The van der Waals surface area contributed by atoms with Gasteiger partial charge in [-0.1, -0.05) is 31.4 Å². The van der Waals surface area contributed by atoms with Gasteiger partial charge in [0.25, 0.3) is 0 Å². The monoisotopic (exact) mass is 271 g/mol. The third kappa shape index (κ3) is 4.39. The van der Waals surface area contributed by atoms with Crippen molar-refractivity contribution in [3.05, 3.63) is 22.7 Å². The highest BCUT2D eigenvalue weighted by Crippen LogP contribution is 2.36. The Morgan fingerprint density at radius 2 is 1.94 bits per heavy atom. The average molecular weight is 272 g/mol. The summed E-state index contributed by atoms with van der Waals surface area (Å²) in [7, 11) is 0. The van der Waals surface area contributed by atoms with Crippen LogP contribution in [0.1, 0.15) is 38.7 Å². The van der Waals surface area contributed by atoms with Gasteiger partial charge in [0.2, 0.25) is 0 Å². The molecular formula is C14H22ClNO2. The highest BCUT2D eigenvalue weighted by Gasteiger charge is 2.11. The lowest BCUT2D eigenvalue weighted by atomic mass is 10.2. The van der Waals surface area contributed by atoms with Crippen molar-refractivity contribution < 1.29 is 9.47 Å². The molecule has 0 saturated heterocycles. The zero-order chi connectivity index (χ0) is 13.4. The van der Waals surface area contributed by atoms with E-state index >= 15 is 0 Å². The molecule has 2 N–H and O–H groups in total. The maximum absolute atomic E-state index is 6.20. The molecule has 0 aliphatic carbocycles. The van der Waals surface area contributed by atoms with Crippen LogP contribution in [0.3, 0.4) is 0 Å². The standard InChI is InChI=1S/C14H22ClNO2/c1-3-5-6-7-18-14-12(15)8-11(10-16)9-13(14)17-4-2/h8-9H,3-7,10,16H2,1-2H3. The third-order valence-corrected chi connectivity index (χ3v) is 2.88. The fraction of sp³-hybridized carbons (Fsp3) is 0.571. The summed E-state index contributed by atoms with van der Waals surface area (Å²) >= 11 is 6.20. The molecule has 0 saturated carbocycles. The third-order valence-electron chi connectivity index (χ3n) is 2.60. The van der Waals surface area contributed by atoms with E-state index in [0.29, 0.717) is 36.3 Å². The molecule has 3 nitrogen and oxygen atoms in total. The molecule has 1 aromatic carbocycles. The summed E-state index contributed by atoms with van der Waals surface area (Å²) in [6.07, 6.45) is 3.35. The van der Waals surface area contributed by atoms with E-state index in [1.807, 2.05) is 19.1 Å². The predicted octanol–water partition coefficient (Wildman–Crippen LogP) is 3.77. The average Bonchev–Trinajstić information content (AvgIpc) is 2.37. The molecule has 0 bridgehead atoms. The molecule has 0 spiro atoms. The molecule has 102 valence electrons. The first-order valence-corrected chi connectivity index (χ1v) is 6.88. The van der Waals surface area contributed by atoms with E-state index < -0.39 is 0 Å². The predicted molar refractivity (Wildman–Crippen MR) is 75.5 cm³/mol. The molecule has 0 aliphatic rings. The Balaban J connectivity index is 2.79. The second-order valence-electron chi connectivity index (χ2n) is 4.10. The van der Waals surface area contributed by atoms with E-state index in [4.69, 9.17) is 26.8 Å². The Morgan fingerprint density at radius 3 is 2.56 bits per heavy atom. The number of hydrogen-bond donors (Lipinski definition) is 1. The highest BCUT2D eigenvalue weighted by molar-refractivity contribution is 6.32. The Labute approximate surface area is 114 Å².